The molecule has 0 fully saturated rings. The van der Waals surface area contributed by atoms with Crippen molar-refractivity contribution in [3.05, 3.63) is 65.2 Å². The molecule has 0 aromatic heterocycles. The van der Waals surface area contributed by atoms with Crippen LogP contribution in [0.3, 0.4) is 0 Å². The van der Waals surface area contributed by atoms with E-state index in [0.717, 1.165) is 50.0 Å². The minimum Gasteiger partial charge on any atom is -0.461 e. The van der Waals surface area contributed by atoms with Crippen molar-refractivity contribution in [1.29, 1.82) is 0 Å². The molecule has 1 unspecified atom stereocenters. The lowest BCUT2D eigenvalue weighted by molar-refractivity contribution is -0.148. The summed E-state index contributed by atoms with van der Waals surface area (Å²) in [5, 5.41) is 0. The Morgan fingerprint density at radius 1 is 0.829 bits per heavy atom. The van der Waals surface area contributed by atoms with Crippen LogP contribution in [0.25, 0.3) is 0 Å². The van der Waals surface area contributed by atoms with Gasteiger partial charge in [-0.2, -0.15) is 0 Å². The van der Waals surface area contributed by atoms with E-state index < -0.39 is 0 Å². The number of rotatable bonds is 14. The molecule has 0 aliphatic carbocycles. The van der Waals surface area contributed by atoms with Gasteiger partial charge in [0.2, 0.25) is 0 Å². The molecule has 2 aromatic rings. The van der Waals surface area contributed by atoms with Crippen LogP contribution in [0.2, 0.25) is 0 Å². The Bertz CT molecular complexity index is 917. The second kappa shape index (κ2) is 14.7. The second-order valence-electron chi connectivity index (χ2n) is 9.80. The van der Waals surface area contributed by atoms with Crippen LogP contribution in [0, 0.1) is 11.8 Å². The van der Waals surface area contributed by atoms with Gasteiger partial charge in [-0.05, 0) is 62.2 Å². The fourth-order valence-corrected chi connectivity index (χ4v) is 4.07. The van der Waals surface area contributed by atoms with Crippen molar-refractivity contribution >= 4 is 11.9 Å². The Labute approximate surface area is 211 Å². The summed E-state index contributed by atoms with van der Waals surface area (Å²) in [7, 11) is 0. The fraction of sp³-hybridized carbons (Fsp3) is 0.533. The van der Waals surface area contributed by atoms with Crippen molar-refractivity contribution in [1.82, 2.24) is 4.90 Å². The van der Waals surface area contributed by atoms with E-state index in [0.29, 0.717) is 5.75 Å². The van der Waals surface area contributed by atoms with E-state index in [1.54, 1.807) is 0 Å². The number of carbonyl (C=O) groups excluding carboxylic acids is 2. The standard InChI is InChI=1S/C30H43NO4/c1-7-17-31(18-8-2)19-16-26(25-12-10-9-11-13-25)27-20-24(21-34-29(32)22(3)4)14-15-28(27)35-30(33)23(5)6/h9-15,20,22-23,26H,7-8,16-19,21H2,1-6H3. The average Bonchev–Trinajstić information content (AvgIpc) is 2.84. The maximum atomic E-state index is 12.5. The normalized spacial score (nSPS) is 12.3. The van der Waals surface area contributed by atoms with Gasteiger partial charge in [-0.1, -0.05) is 77.9 Å². The monoisotopic (exact) mass is 481 g/mol. The lowest BCUT2D eigenvalue weighted by Gasteiger charge is -2.26. The number of nitrogens with zero attached hydrogens (tertiary/aromatic N) is 1. The molecule has 0 aliphatic rings. The van der Waals surface area contributed by atoms with E-state index in [1.165, 1.54) is 5.56 Å². The molecule has 1 atom stereocenters. The fourth-order valence-electron chi connectivity index (χ4n) is 4.07. The number of hydrogen-bond acceptors (Lipinski definition) is 5. The average molecular weight is 482 g/mol. The van der Waals surface area contributed by atoms with Gasteiger partial charge in [0, 0.05) is 11.5 Å². The quantitative estimate of drug-likeness (QED) is 0.225. The van der Waals surface area contributed by atoms with E-state index in [4.69, 9.17) is 9.47 Å². The summed E-state index contributed by atoms with van der Waals surface area (Å²) >= 11 is 0. The van der Waals surface area contributed by atoms with Gasteiger partial charge in [0.05, 0.1) is 11.8 Å². The van der Waals surface area contributed by atoms with Gasteiger partial charge in [0.25, 0.3) is 0 Å². The molecule has 0 N–H and O–H groups in total. The van der Waals surface area contributed by atoms with Gasteiger partial charge in [-0.15, -0.1) is 0 Å². The van der Waals surface area contributed by atoms with Crippen LogP contribution >= 0.6 is 0 Å². The van der Waals surface area contributed by atoms with Crippen molar-refractivity contribution in [2.45, 2.75) is 73.3 Å². The number of ether oxygens (including phenoxy) is 2. The van der Waals surface area contributed by atoms with Gasteiger partial charge in [-0.3, -0.25) is 9.59 Å². The maximum absolute atomic E-state index is 12.5. The van der Waals surface area contributed by atoms with E-state index in [1.807, 2.05) is 64.1 Å². The highest BCUT2D eigenvalue weighted by Crippen LogP contribution is 2.36. The Hall–Kier alpha value is -2.66. The van der Waals surface area contributed by atoms with Crippen molar-refractivity contribution in [2.24, 2.45) is 11.8 Å². The number of carbonyl (C=O) groups is 2. The minimum absolute atomic E-state index is 0.0446. The highest BCUT2D eigenvalue weighted by molar-refractivity contribution is 5.75. The zero-order valence-electron chi connectivity index (χ0n) is 22.4. The number of benzene rings is 2. The van der Waals surface area contributed by atoms with Crippen LogP contribution in [0.15, 0.2) is 48.5 Å². The first-order valence-electron chi connectivity index (χ1n) is 13.0. The number of hydrogen-bond donors (Lipinski definition) is 0. The van der Waals surface area contributed by atoms with Crippen molar-refractivity contribution < 1.29 is 19.1 Å². The first kappa shape index (κ1) is 28.6. The summed E-state index contributed by atoms with van der Waals surface area (Å²) in [5.74, 6) is -0.265. The van der Waals surface area contributed by atoms with Gasteiger partial charge in [0.15, 0.2) is 0 Å². The van der Waals surface area contributed by atoms with Gasteiger partial charge < -0.3 is 14.4 Å². The molecule has 0 amide bonds. The smallest absolute Gasteiger partial charge is 0.313 e. The molecule has 2 aromatic carbocycles. The molecule has 192 valence electrons. The Morgan fingerprint density at radius 2 is 1.46 bits per heavy atom. The molecule has 0 saturated carbocycles. The number of esters is 2. The molecule has 0 bridgehead atoms. The van der Waals surface area contributed by atoms with Crippen LogP contribution in [-0.2, 0) is 20.9 Å². The molecule has 35 heavy (non-hydrogen) atoms. The highest BCUT2D eigenvalue weighted by Gasteiger charge is 2.23. The third-order valence-corrected chi connectivity index (χ3v) is 6.00. The Morgan fingerprint density at radius 3 is 2.03 bits per heavy atom. The summed E-state index contributed by atoms with van der Waals surface area (Å²) in [4.78, 5) is 27.1. The first-order chi connectivity index (χ1) is 16.8. The summed E-state index contributed by atoms with van der Waals surface area (Å²) in [6.07, 6.45) is 3.12. The molecule has 0 saturated heterocycles. The molecular weight excluding hydrogens is 438 g/mol. The highest BCUT2D eigenvalue weighted by atomic mass is 16.5. The van der Waals surface area contributed by atoms with E-state index in [-0.39, 0.29) is 36.3 Å². The third-order valence-electron chi connectivity index (χ3n) is 6.00. The van der Waals surface area contributed by atoms with Crippen LogP contribution in [-0.4, -0.2) is 36.5 Å². The summed E-state index contributed by atoms with van der Waals surface area (Å²) in [6.45, 7) is 15.0. The SMILES string of the molecule is CCCN(CCC)CCC(c1ccccc1)c1cc(COC(=O)C(C)C)ccc1OC(=O)C(C)C. The van der Waals surface area contributed by atoms with Crippen LogP contribution < -0.4 is 4.74 Å². The van der Waals surface area contributed by atoms with Crippen LogP contribution in [0.5, 0.6) is 5.75 Å². The van der Waals surface area contributed by atoms with E-state index >= 15 is 0 Å². The van der Waals surface area contributed by atoms with E-state index in [9.17, 15) is 9.59 Å². The third kappa shape index (κ3) is 9.14. The maximum Gasteiger partial charge on any atom is 0.313 e. The molecule has 0 spiro atoms. The largest absolute Gasteiger partial charge is 0.461 e. The Balaban J connectivity index is 2.46. The molecule has 0 radical (unpaired) electrons. The molecular formula is C30H43NO4. The second-order valence-corrected chi connectivity index (χ2v) is 9.80. The molecule has 0 heterocycles. The van der Waals surface area contributed by atoms with Crippen molar-refractivity contribution in [3.63, 3.8) is 0 Å². The summed E-state index contributed by atoms with van der Waals surface area (Å²) in [5.41, 5.74) is 3.02. The minimum atomic E-state index is -0.254. The Kier molecular flexibility index (Phi) is 12.0. The van der Waals surface area contributed by atoms with Gasteiger partial charge in [0.1, 0.15) is 12.4 Å². The predicted octanol–water partition coefficient (Wildman–Crippen LogP) is 6.59. The molecule has 5 heteroatoms. The zero-order valence-corrected chi connectivity index (χ0v) is 22.4. The van der Waals surface area contributed by atoms with Crippen LogP contribution in [0.1, 0.15) is 83.4 Å². The van der Waals surface area contributed by atoms with E-state index in [2.05, 4.69) is 30.9 Å². The topological polar surface area (TPSA) is 55.8 Å². The summed E-state index contributed by atoms with van der Waals surface area (Å²) < 4.78 is 11.4. The first-order valence-corrected chi connectivity index (χ1v) is 13.0. The van der Waals surface area contributed by atoms with Crippen LogP contribution in [0.4, 0.5) is 0 Å². The zero-order chi connectivity index (χ0) is 25.8. The van der Waals surface area contributed by atoms with Crippen molar-refractivity contribution in [2.75, 3.05) is 19.6 Å². The molecule has 0 aliphatic heterocycles. The van der Waals surface area contributed by atoms with Crippen molar-refractivity contribution in [3.8, 4) is 5.75 Å². The molecule has 5 nitrogen and oxygen atoms in total. The lowest BCUT2D eigenvalue weighted by Crippen LogP contribution is -2.28. The summed E-state index contributed by atoms with van der Waals surface area (Å²) in [6, 6.07) is 16.1. The lowest BCUT2D eigenvalue weighted by atomic mass is 9.86. The molecule has 2 rings (SSSR count). The van der Waals surface area contributed by atoms with Gasteiger partial charge in [-0.25, -0.2) is 0 Å². The predicted molar refractivity (Wildman–Crippen MR) is 141 cm³/mol. The van der Waals surface area contributed by atoms with Gasteiger partial charge >= 0.3 is 11.9 Å².